The van der Waals surface area contributed by atoms with Gasteiger partial charge in [0.05, 0.1) is 11.1 Å². The van der Waals surface area contributed by atoms with Gasteiger partial charge in [0.25, 0.3) is 0 Å². The van der Waals surface area contributed by atoms with Gasteiger partial charge in [-0.3, -0.25) is 4.79 Å². The van der Waals surface area contributed by atoms with Crippen molar-refractivity contribution in [1.82, 2.24) is 0 Å². The van der Waals surface area contributed by atoms with Crippen LogP contribution in [0.2, 0.25) is 0 Å². The Morgan fingerprint density at radius 1 is 0.760 bits per heavy atom. The van der Waals surface area contributed by atoms with Crippen LogP contribution in [0.25, 0.3) is 11.6 Å². The third kappa shape index (κ3) is 2.41. The highest BCUT2D eigenvalue weighted by molar-refractivity contribution is 6.22. The summed E-state index contributed by atoms with van der Waals surface area (Å²) in [4.78, 5) is 12.8. The average molecular weight is 328 g/mol. The van der Waals surface area contributed by atoms with Crippen molar-refractivity contribution in [3.63, 3.8) is 0 Å². The van der Waals surface area contributed by atoms with Crippen molar-refractivity contribution >= 4 is 17.4 Å². The molecule has 0 bridgehead atoms. The number of rotatable bonds is 1. The van der Waals surface area contributed by atoms with E-state index in [0.29, 0.717) is 11.1 Å². The highest BCUT2D eigenvalue weighted by Crippen LogP contribution is 2.43. The number of carbonyl (C=O) groups excluding carboxylic acids is 1. The van der Waals surface area contributed by atoms with Crippen LogP contribution in [0.3, 0.4) is 0 Å². The predicted octanol–water partition coefficient (Wildman–Crippen LogP) is 4.54. The second-order valence-electron chi connectivity index (χ2n) is 6.20. The van der Waals surface area contributed by atoms with E-state index in [4.69, 9.17) is 0 Å². The Bertz CT molecular complexity index is 970. The molecule has 2 N–H and O–H groups in total. The first-order valence-corrected chi connectivity index (χ1v) is 8.04. The van der Waals surface area contributed by atoms with Crippen molar-refractivity contribution < 1.29 is 15.0 Å². The number of fused-ring (bicyclic) bond motifs is 2. The molecule has 0 spiro atoms. The van der Waals surface area contributed by atoms with E-state index in [2.05, 4.69) is 0 Å². The number of benzene rings is 3. The fraction of sp³-hybridized carbons (Fsp3) is 0.0455. The molecule has 3 aromatic carbocycles. The fourth-order valence-corrected chi connectivity index (χ4v) is 3.26. The van der Waals surface area contributed by atoms with Crippen molar-refractivity contribution in [3.05, 3.63) is 94.0 Å². The molecule has 3 aromatic rings. The zero-order valence-corrected chi connectivity index (χ0v) is 13.7. The normalized spacial score (nSPS) is 12.5. The SMILES string of the molecule is Cc1ccc(C=C2c3cccc(O)c3C(=O)c3c(O)cccc32)cc1. The van der Waals surface area contributed by atoms with Gasteiger partial charge in [0.1, 0.15) is 11.5 Å². The molecule has 0 saturated carbocycles. The number of hydrogen-bond acceptors (Lipinski definition) is 3. The van der Waals surface area contributed by atoms with Gasteiger partial charge in [-0.05, 0) is 47.4 Å². The lowest BCUT2D eigenvalue weighted by atomic mass is 9.80. The number of hydrogen-bond donors (Lipinski definition) is 2. The van der Waals surface area contributed by atoms with Gasteiger partial charge >= 0.3 is 0 Å². The Morgan fingerprint density at radius 3 is 1.80 bits per heavy atom. The van der Waals surface area contributed by atoms with E-state index in [1.807, 2.05) is 49.4 Å². The Kier molecular flexibility index (Phi) is 3.43. The largest absolute Gasteiger partial charge is 0.507 e. The van der Waals surface area contributed by atoms with Crippen LogP contribution < -0.4 is 0 Å². The molecule has 3 heteroatoms. The van der Waals surface area contributed by atoms with E-state index in [-0.39, 0.29) is 28.4 Å². The first-order valence-electron chi connectivity index (χ1n) is 8.04. The van der Waals surface area contributed by atoms with Crippen LogP contribution in [0.15, 0.2) is 60.7 Å². The summed E-state index contributed by atoms with van der Waals surface area (Å²) in [5.74, 6) is -0.514. The maximum absolute atomic E-state index is 12.8. The minimum absolute atomic E-state index is 0.0776. The second kappa shape index (κ2) is 5.64. The summed E-state index contributed by atoms with van der Waals surface area (Å²) in [6, 6.07) is 18.1. The molecule has 3 nitrogen and oxygen atoms in total. The van der Waals surface area contributed by atoms with Gasteiger partial charge in [-0.25, -0.2) is 0 Å². The predicted molar refractivity (Wildman–Crippen MR) is 97.8 cm³/mol. The molecule has 0 atom stereocenters. The summed E-state index contributed by atoms with van der Waals surface area (Å²) in [6.07, 6.45) is 1.97. The Hall–Kier alpha value is -3.33. The van der Waals surface area contributed by atoms with Gasteiger partial charge in [0, 0.05) is 0 Å². The second-order valence-corrected chi connectivity index (χ2v) is 6.20. The summed E-state index contributed by atoms with van der Waals surface area (Å²) < 4.78 is 0. The Labute approximate surface area is 145 Å². The van der Waals surface area contributed by atoms with Crippen LogP contribution in [0.1, 0.15) is 38.2 Å². The summed E-state index contributed by atoms with van der Waals surface area (Å²) in [5, 5.41) is 20.5. The smallest absolute Gasteiger partial charge is 0.201 e. The van der Waals surface area contributed by atoms with E-state index in [9.17, 15) is 15.0 Å². The number of phenols is 2. The number of aryl methyl sites for hydroxylation is 1. The van der Waals surface area contributed by atoms with Crippen LogP contribution in [-0.4, -0.2) is 16.0 Å². The molecule has 122 valence electrons. The molecule has 0 saturated heterocycles. The van der Waals surface area contributed by atoms with Gasteiger partial charge in [-0.15, -0.1) is 0 Å². The molecule has 0 aromatic heterocycles. The van der Waals surface area contributed by atoms with Crippen LogP contribution in [-0.2, 0) is 0 Å². The van der Waals surface area contributed by atoms with Gasteiger partial charge in [-0.1, -0.05) is 54.1 Å². The molecule has 25 heavy (non-hydrogen) atoms. The molecule has 1 aliphatic carbocycles. The van der Waals surface area contributed by atoms with Crippen molar-refractivity contribution in [2.45, 2.75) is 6.92 Å². The number of carbonyl (C=O) groups is 1. The van der Waals surface area contributed by atoms with Crippen molar-refractivity contribution in [1.29, 1.82) is 0 Å². The van der Waals surface area contributed by atoms with E-state index in [0.717, 1.165) is 16.7 Å². The van der Waals surface area contributed by atoms with Crippen molar-refractivity contribution in [2.24, 2.45) is 0 Å². The van der Waals surface area contributed by atoms with Gasteiger partial charge in [-0.2, -0.15) is 0 Å². The van der Waals surface area contributed by atoms with Crippen LogP contribution in [0, 0.1) is 6.92 Å². The highest BCUT2D eigenvalue weighted by atomic mass is 16.3. The van der Waals surface area contributed by atoms with Gasteiger partial charge in [0.2, 0.25) is 5.78 Å². The molecule has 0 amide bonds. The standard InChI is InChI=1S/C22H16O3/c1-13-8-10-14(11-9-13)12-17-15-4-2-6-18(23)20(15)22(25)21-16(17)5-3-7-19(21)24/h2-12,23-24H,1H3. The van der Waals surface area contributed by atoms with Crippen LogP contribution in [0.4, 0.5) is 0 Å². The number of phenolic OH excluding ortho intramolecular Hbond substituents is 2. The zero-order valence-electron chi connectivity index (χ0n) is 13.7. The first-order chi connectivity index (χ1) is 12.1. The van der Waals surface area contributed by atoms with Crippen molar-refractivity contribution in [3.8, 4) is 11.5 Å². The molecule has 0 fully saturated rings. The summed E-state index contributed by atoms with van der Waals surface area (Å²) >= 11 is 0. The Balaban J connectivity index is 2.04. The minimum Gasteiger partial charge on any atom is -0.507 e. The van der Waals surface area contributed by atoms with Crippen LogP contribution >= 0.6 is 0 Å². The van der Waals surface area contributed by atoms with Crippen LogP contribution in [0.5, 0.6) is 11.5 Å². The lowest BCUT2D eigenvalue weighted by molar-refractivity contribution is 0.103. The molecule has 0 unspecified atom stereocenters. The van der Waals surface area contributed by atoms with Gasteiger partial charge in [0.15, 0.2) is 0 Å². The zero-order chi connectivity index (χ0) is 17.6. The minimum atomic E-state index is -0.359. The third-order valence-electron chi connectivity index (χ3n) is 4.51. The fourth-order valence-electron chi connectivity index (χ4n) is 3.26. The van der Waals surface area contributed by atoms with E-state index >= 15 is 0 Å². The average Bonchev–Trinajstić information content (AvgIpc) is 2.60. The first kappa shape index (κ1) is 15.2. The van der Waals surface area contributed by atoms with E-state index in [1.54, 1.807) is 12.1 Å². The van der Waals surface area contributed by atoms with Crippen molar-refractivity contribution in [2.75, 3.05) is 0 Å². The monoisotopic (exact) mass is 328 g/mol. The lowest BCUT2D eigenvalue weighted by Gasteiger charge is -2.23. The molecule has 0 heterocycles. The highest BCUT2D eigenvalue weighted by Gasteiger charge is 2.31. The molecular weight excluding hydrogens is 312 g/mol. The third-order valence-corrected chi connectivity index (χ3v) is 4.51. The number of ketones is 1. The maximum Gasteiger partial charge on any atom is 0.201 e. The van der Waals surface area contributed by atoms with Gasteiger partial charge < -0.3 is 10.2 Å². The quantitative estimate of drug-likeness (QED) is 0.539. The Morgan fingerprint density at radius 2 is 1.28 bits per heavy atom. The maximum atomic E-state index is 12.8. The molecule has 0 aliphatic heterocycles. The molecular formula is C22H16O3. The number of aromatic hydroxyl groups is 2. The summed E-state index contributed by atoms with van der Waals surface area (Å²) in [6.45, 7) is 2.02. The molecule has 4 rings (SSSR count). The topological polar surface area (TPSA) is 57.5 Å². The van der Waals surface area contributed by atoms with E-state index < -0.39 is 0 Å². The molecule has 1 aliphatic rings. The van der Waals surface area contributed by atoms with E-state index in [1.165, 1.54) is 12.1 Å². The summed E-state index contributed by atoms with van der Waals surface area (Å²) in [5.41, 5.74) is 4.76. The molecule has 0 radical (unpaired) electrons. The summed E-state index contributed by atoms with van der Waals surface area (Å²) in [7, 11) is 0. The lowest BCUT2D eigenvalue weighted by Crippen LogP contribution is -2.14.